The average Bonchev–Trinajstić information content (AvgIpc) is 3.54. The lowest BCUT2D eigenvalue weighted by Crippen LogP contribution is -2.39. The zero-order valence-electron chi connectivity index (χ0n) is 16.8. The van der Waals surface area contributed by atoms with Crippen LogP contribution in [0.1, 0.15) is 46.5 Å². The van der Waals surface area contributed by atoms with Crippen LogP contribution in [0.5, 0.6) is 0 Å². The highest BCUT2D eigenvalue weighted by molar-refractivity contribution is 7.17. The first-order chi connectivity index (χ1) is 15.1. The summed E-state index contributed by atoms with van der Waals surface area (Å²) in [6.07, 6.45) is 5.87. The van der Waals surface area contributed by atoms with Crippen LogP contribution in [-0.4, -0.2) is 47.5 Å². The van der Waals surface area contributed by atoms with Gasteiger partial charge in [-0.2, -0.15) is 5.10 Å². The molecular formula is C21H20FN7OS. The number of benzene rings is 1. The number of imidazole rings is 1. The van der Waals surface area contributed by atoms with Gasteiger partial charge in [-0.3, -0.25) is 9.89 Å². The first-order valence-electron chi connectivity index (χ1n) is 10.0. The number of carbonyl (C=O) groups is 1. The van der Waals surface area contributed by atoms with Crippen LogP contribution in [0.2, 0.25) is 0 Å². The normalized spacial score (nSPS) is 16.6. The van der Waals surface area contributed by atoms with Gasteiger partial charge >= 0.3 is 0 Å². The van der Waals surface area contributed by atoms with E-state index in [0.29, 0.717) is 33.8 Å². The summed E-state index contributed by atoms with van der Waals surface area (Å²) in [6, 6.07) is 6.20. The number of H-pyrrole nitrogens is 2. The van der Waals surface area contributed by atoms with E-state index in [4.69, 9.17) is 0 Å². The van der Waals surface area contributed by atoms with Crippen molar-refractivity contribution in [3.8, 4) is 22.1 Å². The number of likely N-dealkylation sites (tertiary alicyclic amines) is 1. The van der Waals surface area contributed by atoms with Crippen molar-refractivity contribution in [1.82, 2.24) is 35.0 Å². The first-order valence-corrected chi connectivity index (χ1v) is 10.9. The molecule has 31 heavy (non-hydrogen) atoms. The van der Waals surface area contributed by atoms with Gasteiger partial charge in [0.15, 0.2) is 10.8 Å². The third kappa shape index (κ3) is 3.74. The number of piperidine rings is 1. The lowest BCUT2D eigenvalue weighted by molar-refractivity contribution is 0.0605. The molecular weight excluding hydrogens is 417 g/mol. The lowest BCUT2D eigenvalue weighted by atomic mass is 10.0. The van der Waals surface area contributed by atoms with Gasteiger partial charge in [0.05, 0.1) is 23.6 Å². The summed E-state index contributed by atoms with van der Waals surface area (Å²) >= 11 is 1.31. The Labute approximate surface area is 181 Å². The number of aromatic nitrogens is 6. The Morgan fingerprint density at radius 2 is 2.19 bits per heavy atom. The topological polar surface area (TPSA) is 103 Å². The predicted octanol–water partition coefficient (Wildman–Crippen LogP) is 4.13. The Bertz CT molecular complexity index is 1220. The standard InChI is InChI=1S/C21H20FN7OS/c1-12-17(31-20(26-12)19-24-11-25-28-19)21(30)29-8-3-2-7-16(29)18-23-10-15(27-18)13-5-4-6-14(22)9-13/h4-6,9-11,16H,2-3,7-8H2,1H3,(H,23,27)(H,24,25,28). The number of hydrogen-bond donors (Lipinski definition) is 2. The fourth-order valence-corrected chi connectivity index (χ4v) is 4.87. The summed E-state index contributed by atoms with van der Waals surface area (Å²) in [6.45, 7) is 2.48. The van der Waals surface area contributed by atoms with Crippen molar-refractivity contribution in [1.29, 1.82) is 0 Å². The van der Waals surface area contributed by atoms with Crippen LogP contribution in [0.3, 0.4) is 0 Å². The van der Waals surface area contributed by atoms with E-state index in [1.54, 1.807) is 12.3 Å². The molecule has 2 N–H and O–H groups in total. The summed E-state index contributed by atoms with van der Waals surface area (Å²) in [5.74, 6) is 0.901. The second-order valence-electron chi connectivity index (χ2n) is 7.47. The molecule has 0 saturated carbocycles. The molecule has 0 bridgehead atoms. The zero-order chi connectivity index (χ0) is 21.4. The van der Waals surface area contributed by atoms with Crippen LogP contribution in [0.4, 0.5) is 4.39 Å². The summed E-state index contributed by atoms with van der Waals surface area (Å²) in [5, 5.41) is 7.28. The van der Waals surface area contributed by atoms with Crippen molar-refractivity contribution in [2.24, 2.45) is 0 Å². The number of thiazole rings is 1. The number of nitrogens with zero attached hydrogens (tertiary/aromatic N) is 5. The fraction of sp³-hybridized carbons (Fsp3) is 0.286. The zero-order valence-corrected chi connectivity index (χ0v) is 17.6. The Hall–Kier alpha value is -3.40. The maximum Gasteiger partial charge on any atom is 0.266 e. The molecule has 1 unspecified atom stereocenters. The SMILES string of the molecule is Cc1nc(-c2ncn[nH]2)sc1C(=O)N1CCCCC1c1ncc(-c2cccc(F)c2)[nH]1. The highest BCUT2D eigenvalue weighted by atomic mass is 32.1. The molecule has 5 rings (SSSR count). The molecule has 0 radical (unpaired) electrons. The van der Waals surface area contributed by atoms with E-state index < -0.39 is 0 Å². The number of hydrogen-bond acceptors (Lipinski definition) is 6. The van der Waals surface area contributed by atoms with Gasteiger partial charge in [-0.05, 0) is 38.3 Å². The quantitative estimate of drug-likeness (QED) is 0.500. The number of aromatic amines is 2. The number of carbonyl (C=O) groups excluding carboxylic acids is 1. The summed E-state index contributed by atoms with van der Waals surface area (Å²) < 4.78 is 13.6. The van der Waals surface area contributed by atoms with Gasteiger partial charge in [-0.15, -0.1) is 11.3 Å². The maximum atomic E-state index is 13.6. The monoisotopic (exact) mass is 437 g/mol. The lowest BCUT2D eigenvalue weighted by Gasteiger charge is -2.34. The van der Waals surface area contributed by atoms with Crippen LogP contribution in [0, 0.1) is 12.7 Å². The molecule has 4 aromatic rings. The van der Waals surface area contributed by atoms with Gasteiger partial charge in [0.2, 0.25) is 0 Å². The molecule has 0 aliphatic carbocycles. The molecule has 0 spiro atoms. The first kappa shape index (κ1) is 19.6. The molecule has 1 aromatic carbocycles. The largest absolute Gasteiger partial charge is 0.340 e. The van der Waals surface area contributed by atoms with Crippen molar-refractivity contribution in [3.63, 3.8) is 0 Å². The minimum absolute atomic E-state index is 0.0610. The van der Waals surface area contributed by atoms with E-state index >= 15 is 0 Å². The van der Waals surface area contributed by atoms with Crippen LogP contribution < -0.4 is 0 Å². The second-order valence-corrected chi connectivity index (χ2v) is 8.47. The molecule has 1 atom stereocenters. The van der Waals surface area contributed by atoms with Gasteiger partial charge in [-0.25, -0.2) is 19.3 Å². The molecule has 4 heterocycles. The maximum absolute atomic E-state index is 13.6. The number of amides is 1. The Balaban J connectivity index is 1.43. The Morgan fingerprint density at radius 1 is 1.29 bits per heavy atom. The van der Waals surface area contributed by atoms with E-state index in [1.807, 2.05) is 17.9 Å². The molecule has 10 heteroatoms. The number of aryl methyl sites for hydroxylation is 1. The number of halogens is 1. The van der Waals surface area contributed by atoms with E-state index in [2.05, 4.69) is 30.1 Å². The van der Waals surface area contributed by atoms with E-state index in [0.717, 1.165) is 30.5 Å². The number of rotatable bonds is 4. The Morgan fingerprint density at radius 3 is 3.00 bits per heavy atom. The van der Waals surface area contributed by atoms with Crippen molar-refractivity contribution in [2.75, 3.05) is 6.54 Å². The third-order valence-corrected chi connectivity index (χ3v) is 6.57. The summed E-state index contributed by atoms with van der Waals surface area (Å²) in [7, 11) is 0. The molecule has 1 fully saturated rings. The molecule has 1 saturated heterocycles. The molecule has 3 aromatic heterocycles. The minimum Gasteiger partial charge on any atom is -0.340 e. The van der Waals surface area contributed by atoms with Crippen LogP contribution >= 0.6 is 11.3 Å². The summed E-state index contributed by atoms with van der Waals surface area (Å²) in [5.41, 5.74) is 2.13. The van der Waals surface area contributed by atoms with Gasteiger partial charge in [0, 0.05) is 12.1 Å². The van der Waals surface area contributed by atoms with E-state index in [1.165, 1.54) is 29.8 Å². The van der Waals surface area contributed by atoms with Gasteiger partial charge in [0.25, 0.3) is 5.91 Å². The van der Waals surface area contributed by atoms with Crippen LogP contribution in [0.25, 0.3) is 22.1 Å². The van der Waals surface area contributed by atoms with Crippen molar-refractivity contribution in [2.45, 2.75) is 32.2 Å². The fourth-order valence-electron chi connectivity index (χ4n) is 3.90. The third-order valence-electron chi connectivity index (χ3n) is 5.42. The average molecular weight is 438 g/mol. The van der Waals surface area contributed by atoms with E-state index in [-0.39, 0.29) is 17.8 Å². The smallest absolute Gasteiger partial charge is 0.266 e. The van der Waals surface area contributed by atoms with Crippen molar-refractivity contribution < 1.29 is 9.18 Å². The molecule has 8 nitrogen and oxygen atoms in total. The van der Waals surface area contributed by atoms with Crippen LogP contribution in [-0.2, 0) is 0 Å². The van der Waals surface area contributed by atoms with Gasteiger partial charge in [0.1, 0.15) is 22.8 Å². The summed E-state index contributed by atoms with van der Waals surface area (Å²) in [4.78, 5) is 32.4. The van der Waals surface area contributed by atoms with Gasteiger partial charge < -0.3 is 9.88 Å². The highest BCUT2D eigenvalue weighted by Gasteiger charge is 2.33. The van der Waals surface area contributed by atoms with Gasteiger partial charge in [-0.1, -0.05) is 12.1 Å². The Kier molecular flexibility index (Phi) is 5.06. The predicted molar refractivity (Wildman–Crippen MR) is 114 cm³/mol. The van der Waals surface area contributed by atoms with Crippen molar-refractivity contribution in [3.05, 3.63) is 59.0 Å². The highest BCUT2D eigenvalue weighted by Crippen LogP contribution is 2.34. The van der Waals surface area contributed by atoms with Crippen molar-refractivity contribution >= 4 is 17.2 Å². The second kappa shape index (κ2) is 8.03. The van der Waals surface area contributed by atoms with E-state index in [9.17, 15) is 9.18 Å². The molecule has 1 amide bonds. The molecule has 158 valence electrons. The minimum atomic E-state index is -0.300. The molecule has 1 aliphatic heterocycles. The molecule has 1 aliphatic rings. The number of nitrogens with one attached hydrogen (secondary N) is 2. The van der Waals surface area contributed by atoms with Crippen LogP contribution in [0.15, 0.2) is 36.8 Å².